The average Bonchev–Trinajstić information content (AvgIpc) is 2.45. The summed E-state index contributed by atoms with van der Waals surface area (Å²) in [6.45, 7) is 9.11. The van der Waals surface area contributed by atoms with Crippen molar-refractivity contribution in [3.63, 3.8) is 0 Å². The van der Waals surface area contributed by atoms with Gasteiger partial charge in [-0.2, -0.15) is 0 Å². The SMILES string of the molecule is CCNC(c1cc(F)ccc1F)C(CC)(CC)OCC. The van der Waals surface area contributed by atoms with Crippen LogP contribution in [0, 0.1) is 11.6 Å². The summed E-state index contributed by atoms with van der Waals surface area (Å²) >= 11 is 0. The average molecular weight is 285 g/mol. The van der Waals surface area contributed by atoms with E-state index in [9.17, 15) is 8.78 Å². The van der Waals surface area contributed by atoms with Gasteiger partial charge in [0, 0.05) is 12.2 Å². The van der Waals surface area contributed by atoms with E-state index < -0.39 is 17.2 Å². The van der Waals surface area contributed by atoms with Gasteiger partial charge in [0.05, 0.1) is 11.6 Å². The minimum absolute atomic E-state index is 0.337. The molecule has 1 N–H and O–H groups in total. The van der Waals surface area contributed by atoms with Crippen molar-refractivity contribution >= 4 is 0 Å². The number of hydrogen-bond acceptors (Lipinski definition) is 2. The molecule has 0 radical (unpaired) electrons. The lowest BCUT2D eigenvalue weighted by atomic mass is 9.83. The fraction of sp³-hybridized carbons (Fsp3) is 0.625. The molecule has 20 heavy (non-hydrogen) atoms. The minimum atomic E-state index is -0.528. The van der Waals surface area contributed by atoms with E-state index in [1.54, 1.807) is 0 Å². The predicted octanol–water partition coefficient (Wildman–Crippen LogP) is 4.21. The molecule has 0 aliphatic rings. The van der Waals surface area contributed by atoms with Gasteiger partial charge in [0.2, 0.25) is 0 Å². The third-order valence-electron chi connectivity index (χ3n) is 3.83. The van der Waals surface area contributed by atoms with Gasteiger partial charge in [-0.25, -0.2) is 8.78 Å². The zero-order valence-electron chi connectivity index (χ0n) is 12.8. The lowest BCUT2D eigenvalue weighted by Crippen LogP contribution is -2.46. The molecule has 0 saturated heterocycles. The van der Waals surface area contributed by atoms with E-state index in [0.717, 1.165) is 18.9 Å². The van der Waals surface area contributed by atoms with Crippen molar-refractivity contribution in [2.24, 2.45) is 0 Å². The van der Waals surface area contributed by atoms with E-state index in [4.69, 9.17) is 4.74 Å². The quantitative estimate of drug-likeness (QED) is 0.772. The normalized spacial score (nSPS) is 13.5. The van der Waals surface area contributed by atoms with Crippen LogP contribution in [0.5, 0.6) is 0 Å². The Hall–Kier alpha value is -1.00. The highest BCUT2D eigenvalue weighted by Gasteiger charge is 2.38. The van der Waals surface area contributed by atoms with Crippen molar-refractivity contribution < 1.29 is 13.5 Å². The highest BCUT2D eigenvalue weighted by Crippen LogP contribution is 2.36. The van der Waals surface area contributed by atoms with Crippen LogP contribution in [0.15, 0.2) is 18.2 Å². The summed E-state index contributed by atoms with van der Waals surface area (Å²) in [6, 6.07) is 3.22. The monoisotopic (exact) mass is 285 g/mol. The molecule has 0 saturated carbocycles. The molecule has 1 aromatic rings. The van der Waals surface area contributed by atoms with Crippen LogP contribution >= 0.6 is 0 Å². The molecule has 0 bridgehead atoms. The Balaban J connectivity index is 3.29. The largest absolute Gasteiger partial charge is 0.373 e. The standard InChI is InChI=1S/C16H25F2NO/c1-5-16(6-2,20-8-4)15(19-7-3)13-11-12(17)9-10-14(13)18/h9-11,15,19H,5-8H2,1-4H3. The molecule has 114 valence electrons. The Morgan fingerprint density at radius 2 is 1.80 bits per heavy atom. The topological polar surface area (TPSA) is 21.3 Å². The van der Waals surface area contributed by atoms with Crippen LogP contribution < -0.4 is 5.32 Å². The number of ether oxygens (including phenoxy) is 1. The van der Waals surface area contributed by atoms with Gasteiger partial charge in [-0.1, -0.05) is 20.8 Å². The van der Waals surface area contributed by atoms with Gasteiger partial charge in [0.25, 0.3) is 0 Å². The van der Waals surface area contributed by atoms with Gasteiger partial charge < -0.3 is 10.1 Å². The zero-order valence-corrected chi connectivity index (χ0v) is 12.8. The lowest BCUT2D eigenvalue weighted by Gasteiger charge is -2.40. The smallest absolute Gasteiger partial charge is 0.128 e. The second-order valence-corrected chi connectivity index (χ2v) is 4.86. The third kappa shape index (κ3) is 3.55. The van der Waals surface area contributed by atoms with Crippen molar-refractivity contribution in [1.29, 1.82) is 0 Å². The number of rotatable bonds is 8. The van der Waals surface area contributed by atoms with Crippen LogP contribution in [0.25, 0.3) is 0 Å². The second-order valence-electron chi connectivity index (χ2n) is 4.86. The number of benzene rings is 1. The predicted molar refractivity (Wildman–Crippen MR) is 77.7 cm³/mol. The van der Waals surface area contributed by atoms with Gasteiger partial charge in [-0.3, -0.25) is 0 Å². The highest BCUT2D eigenvalue weighted by atomic mass is 19.1. The molecule has 2 nitrogen and oxygen atoms in total. The van der Waals surface area contributed by atoms with Crippen LogP contribution in [0.3, 0.4) is 0 Å². The molecule has 4 heteroatoms. The van der Waals surface area contributed by atoms with Crippen molar-refractivity contribution in [2.45, 2.75) is 52.2 Å². The number of likely N-dealkylation sites (N-methyl/N-ethyl adjacent to an activating group) is 1. The fourth-order valence-electron chi connectivity index (χ4n) is 2.75. The van der Waals surface area contributed by atoms with Gasteiger partial charge >= 0.3 is 0 Å². The molecule has 1 atom stereocenters. The van der Waals surface area contributed by atoms with Crippen molar-refractivity contribution in [3.8, 4) is 0 Å². The first kappa shape index (κ1) is 17.1. The van der Waals surface area contributed by atoms with E-state index >= 15 is 0 Å². The first-order valence-corrected chi connectivity index (χ1v) is 7.36. The Kier molecular flexibility index (Phi) is 6.56. The van der Waals surface area contributed by atoms with Gasteiger partial charge in [0.15, 0.2) is 0 Å². The summed E-state index contributed by atoms with van der Waals surface area (Å²) in [5, 5.41) is 3.26. The van der Waals surface area contributed by atoms with Crippen LogP contribution in [-0.2, 0) is 4.74 Å². The number of nitrogens with one attached hydrogen (secondary N) is 1. The first-order chi connectivity index (χ1) is 9.54. The molecule has 0 amide bonds. The van der Waals surface area contributed by atoms with E-state index in [1.807, 2.05) is 27.7 Å². The lowest BCUT2D eigenvalue weighted by molar-refractivity contribution is -0.0737. The Morgan fingerprint density at radius 1 is 1.15 bits per heavy atom. The molecular formula is C16H25F2NO. The molecule has 0 heterocycles. The molecular weight excluding hydrogens is 260 g/mol. The Labute approximate surface area is 120 Å². The van der Waals surface area contributed by atoms with Gasteiger partial charge in [-0.05, 0) is 44.5 Å². The summed E-state index contributed by atoms with van der Waals surface area (Å²) in [5.41, 5.74) is -0.191. The number of hydrogen-bond donors (Lipinski definition) is 1. The van der Waals surface area contributed by atoms with E-state index in [1.165, 1.54) is 12.1 Å². The molecule has 0 aliphatic carbocycles. The highest BCUT2D eigenvalue weighted by molar-refractivity contribution is 5.25. The first-order valence-electron chi connectivity index (χ1n) is 7.36. The van der Waals surface area contributed by atoms with E-state index in [2.05, 4.69) is 5.32 Å². The maximum Gasteiger partial charge on any atom is 0.128 e. The van der Waals surface area contributed by atoms with Crippen LogP contribution in [0.2, 0.25) is 0 Å². The fourth-order valence-corrected chi connectivity index (χ4v) is 2.75. The summed E-state index contributed by atoms with van der Waals surface area (Å²) < 4.78 is 33.6. The second kappa shape index (κ2) is 7.70. The minimum Gasteiger partial charge on any atom is -0.373 e. The van der Waals surface area contributed by atoms with Crippen molar-refractivity contribution in [3.05, 3.63) is 35.4 Å². The molecule has 1 rings (SSSR count). The molecule has 0 spiro atoms. The summed E-state index contributed by atoms with van der Waals surface area (Å²) in [5.74, 6) is -0.828. The molecule has 1 unspecified atom stereocenters. The summed E-state index contributed by atoms with van der Waals surface area (Å²) in [6.07, 6.45) is 1.45. The molecule has 0 aromatic heterocycles. The molecule has 0 aliphatic heterocycles. The zero-order chi connectivity index (χ0) is 15.2. The van der Waals surface area contributed by atoms with Crippen molar-refractivity contribution in [2.75, 3.05) is 13.2 Å². The van der Waals surface area contributed by atoms with Crippen LogP contribution in [-0.4, -0.2) is 18.8 Å². The molecule has 1 aromatic carbocycles. The van der Waals surface area contributed by atoms with E-state index in [-0.39, 0.29) is 6.04 Å². The van der Waals surface area contributed by atoms with Gasteiger partial charge in [-0.15, -0.1) is 0 Å². The summed E-state index contributed by atoms with van der Waals surface area (Å²) in [4.78, 5) is 0. The summed E-state index contributed by atoms with van der Waals surface area (Å²) in [7, 11) is 0. The van der Waals surface area contributed by atoms with Crippen LogP contribution in [0.4, 0.5) is 8.78 Å². The van der Waals surface area contributed by atoms with Crippen molar-refractivity contribution in [1.82, 2.24) is 5.32 Å². The Bertz CT molecular complexity index is 419. The maximum atomic E-state index is 14.1. The third-order valence-corrected chi connectivity index (χ3v) is 3.83. The maximum absolute atomic E-state index is 14.1. The number of halogens is 2. The molecule has 0 fully saturated rings. The van der Waals surface area contributed by atoms with Crippen LogP contribution in [0.1, 0.15) is 52.1 Å². The Morgan fingerprint density at radius 3 is 2.30 bits per heavy atom. The van der Waals surface area contributed by atoms with E-state index in [0.29, 0.717) is 18.7 Å². The van der Waals surface area contributed by atoms with Gasteiger partial charge in [0.1, 0.15) is 11.6 Å².